The molecule has 0 aromatic heterocycles. The van der Waals surface area contributed by atoms with E-state index in [4.69, 9.17) is 18.9 Å². The fourth-order valence-corrected chi connectivity index (χ4v) is 3.94. The Morgan fingerprint density at radius 1 is 1.23 bits per heavy atom. The van der Waals surface area contributed by atoms with Gasteiger partial charge in [-0.1, -0.05) is 6.07 Å². The quantitative estimate of drug-likeness (QED) is 0.381. The van der Waals surface area contributed by atoms with E-state index in [0.29, 0.717) is 23.7 Å². The molecule has 0 spiro atoms. The number of carbonyl (C=O) groups excluding carboxylic acids is 4. The van der Waals surface area contributed by atoms with Crippen molar-refractivity contribution in [3.05, 3.63) is 29.5 Å². The Balaban J connectivity index is 1.80. The van der Waals surface area contributed by atoms with Gasteiger partial charge in [-0.15, -0.1) is 0 Å². The molecule has 0 radical (unpaired) electrons. The van der Waals surface area contributed by atoms with Crippen molar-refractivity contribution in [2.75, 3.05) is 40.5 Å². The van der Waals surface area contributed by atoms with Crippen molar-refractivity contribution in [1.29, 1.82) is 0 Å². The monoisotopic (exact) mass is 489 g/mol. The van der Waals surface area contributed by atoms with Gasteiger partial charge in [0.15, 0.2) is 11.5 Å². The van der Waals surface area contributed by atoms with Crippen LogP contribution in [0.15, 0.2) is 23.9 Å². The van der Waals surface area contributed by atoms with Gasteiger partial charge in [-0.3, -0.25) is 19.2 Å². The summed E-state index contributed by atoms with van der Waals surface area (Å²) >= 11 is 0. The van der Waals surface area contributed by atoms with Crippen molar-refractivity contribution in [2.24, 2.45) is 0 Å². The third-order valence-electron chi connectivity index (χ3n) is 5.67. The van der Waals surface area contributed by atoms with Crippen LogP contribution in [0.2, 0.25) is 0 Å². The second kappa shape index (κ2) is 12.2. The van der Waals surface area contributed by atoms with E-state index in [2.05, 4.69) is 10.6 Å². The average molecular weight is 490 g/mol. The number of hydrogen-bond acceptors (Lipinski definition) is 8. The molecule has 1 aromatic rings. The van der Waals surface area contributed by atoms with Gasteiger partial charge in [-0.2, -0.15) is 0 Å². The minimum Gasteiger partial charge on any atom is -0.493 e. The van der Waals surface area contributed by atoms with Crippen molar-refractivity contribution < 1.29 is 38.1 Å². The first-order valence-electron chi connectivity index (χ1n) is 11.4. The smallest absolute Gasteiger partial charge is 0.308 e. The molecule has 0 bridgehead atoms. The van der Waals surface area contributed by atoms with Crippen LogP contribution in [-0.4, -0.2) is 81.3 Å². The van der Waals surface area contributed by atoms with Gasteiger partial charge in [0.25, 0.3) is 5.91 Å². The Kier molecular flexibility index (Phi) is 9.07. The van der Waals surface area contributed by atoms with Gasteiger partial charge in [-0.25, -0.2) is 0 Å². The van der Waals surface area contributed by atoms with E-state index in [1.807, 2.05) is 0 Å². The number of piperazine rings is 1. The molecule has 35 heavy (non-hydrogen) atoms. The first kappa shape index (κ1) is 26.0. The van der Waals surface area contributed by atoms with Crippen LogP contribution in [0, 0.1) is 0 Å². The van der Waals surface area contributed by atoms with Crippen LogP contribution in [-0.2, 0) is 28.7 Å². The van der Waals surface area contributed by atoms with Crippen LogP contribution >= 0.6 is 0 Å². The highest BCUT2D eigenvalue weighted by atomic mass is 16.6. The molecule has 2 atom stereocenters. The summed E-state index contributed by atoms with van der Waals surface area (Å²) in [5.74, 6) is -1.18. The molecule has 2 aliphatic heterocycles. The zero-order chi connectivity index (χ0) is 25.4. The number of amides is 3. The molecule has 11 heteroatoms. The van der Waals surface area contributed by atoms with Gasteiger partial charge in [0.2, 0.25) is 11.8 Å². The maximum Gasteiger partial charge on any atom is 0.308 e. The maximum atomic E-state index is 13.5. The summed E-state index contributed by atoms with van der Waals surface area (Å²) in [4.78, 5) is 51.6. The highest BCUT2D eigenvalue weighted by molar-refractivity contribution is 6.03. The summed E-state index contributed by atoms with van der Waals surface area (Å²) in [7, 11) is 2.99. The van der Waals surface area contributed by atoms with Crippen LogP contribution in [0.25, 0.3) is 6.08 Å². The third kappa shape index (κ3) is 6.95. The summed E-state index contributed by atoms with van der Waals surface area (Å²) in [5, 5.41) is 5.21. The van der Waals surface area contributed by atoms with E-state index >= 15 is 0 Å². The highest BCUT2D eigenvalue weighted by Crippen LogP contribution is 2.28. The molecule has 2 fully saturated rings. The largest absolute Gasteiger partial charge is 0.493 e. The average Bonchev–Trinajstić information content (AvgIpc) is 3.36. The number of rotatable bonds is 9. The topological polar surface area (TPSA) is 132 Å². The van der Waals surface area contributed by atoms with Gasteiger partial charge in [0.05, 0.1) is 26.7 Å². The van der Waals surface area contributed by atoms with Crippen molar-refractivity contribution in [3.8, 4) is 11.5 Å². The number of nitrogens with zero attached hydrogens (tertiary/aromatic N) is 1. The van der Waals surface area contributed by atoms with Crippen LogP contribution in [0.4, 0.5) is 0 Å². The molecule has 0 aliphatic carbocycles. The summed E-state index contributed by atoms with van der Waals surface area (Å²) in [6.45, 7) is 2.40. The fourth-order valence-electron chi connectivity index (χ4n) is 3.94. The van der Waals surface area contributed by atoms with Crippen molar-refractivity contribution >= 4 is 29.8 Å². The predicted molar refractivity (Wildman–Crippen MR) is 124 cm³/mol. The van der Waals surface area contributed by atoms with Crippen LogP contribution in [0.1, 0.15) is 31.7 Å². The Morgan fingerprint density at radius 3 is 2.66 bits per heavy atom. The van der Waals surface area contributed by atoms with Crippen molar-refractivity contribution in [2.45, 2.75) is 38.3 Å². The second-order valence-corrected chi connectivity index (χ2v) is 8.18. The molecule has 1 aromatic carbocycles. The van der Waals surface area contributed by atoms with Gasteiger partial charge in [0.1, 0.15) is 18.3 Å². The maximum absolute atomic E-state index is 13.5. The Hall–Kier alpha value is -3.60. The van der Waals surface area contributed by atoms with Gasteiger partial charge in [0, 0.05) is 26.6 Å². The third-order valence-corrected chi connectivity index (χ3v) is 5.67. The number of ether oxygens (including phenoxy) is 4. The molecule has 3 amide bonds. The molecule has 3 rings (SSSR count). The van der Waals surface area contributed by atoms with E-state index in [1.54, 1.807) is 18.2 Å². The lowest BCUT2D eigenvalue weighted by Gasteiger charge is -2.35. The number of hydrogen-bond donors (Lipinski definition) is 2. The van der Waals surface area contributed by atoms with E-state index in [9.17, 15) is 19.2 Å². The molecule has 0 saturated carbocycles. The minimum absolute atomic E-state index is 0.0443. The highest BCUT2D eigenvalue weighted by Gasteiger charge is 2.36. The lowest BCUT2D eigenvalue weighted by atomic mass is 10.1. The van der Waals surface area contributed by atoms with E-state index in [0.717, 1.165) is 12.8 Å². The molecule has 2 heterocycles. The molecule has 2 N–H and O–H groups in total. The number of methoxy groups -OCH3 is 2. The molecule has 190 valence electrons. The van der Waals surface area contributed by atoms with Crippen LogP contribution in [0.5, 0.6) is 11.5 Å². The van der Waals surface area contributed by atoms with Crippen LogP contribution in [0.3, 0.4) is 0 Å². The molecule has 2 unspecified atom stereocenters. The predicted octanol–water partition coefficient (Wildman–Crippen LogP) is 0.620. The fraction of sp³-hybridized carbons (Fsp3) is 0.500. The Morgan fingerprint density at radius 2 is 2.00 bits per heavy atom. The second-order valence-electron chi connectivity index (χ2n) is 8.18. The zero-order valence-corrected chi connectivity index (χ0v) is 20.1. The number of esters is 1. The minimum atomic E-state index is -1.07. The summed E-state index contributed by atoms with van der Waals surface area (Å²) in [6, 6.07) is 3.94. The lowest BCUT2D eigenvalue weighted by molar-refractivity contribution is -0.153. The number of nitrogens with one attached hydrogen (secondary N) is 2. The molecule has 11 nitrogen and oxygen atoms in total. The normalized spacial score (nSPS) is 20.1. The Bertz CT molecular complexity index is 987. The SMILES string of the molecule is COc1ccc(/C=C(\NC(C)=O)C(=O)N2CCNC(=O)C2CC(=O)OCC2CCCO2)cc1OC. The standard InChI is InChI=1S/C24H31N3O8/c1-15(28)26-18(11-16-6-7-20(32-2)21(12-16)33-3)24(31)27-9-8-25-23(30)19(27)13-22(29)35-14-17-5-4-10-34-17/h6-7,11-12,17,19H,4-5,8-10,13-14H2,1-3H3,(H,25,30)(H,26,28)/b18-11-. The van der Waals surface area contributed by atoms with Crippen molar-refractivity contribution in [1.82, 2.24) is 15.5 Å². The summed E-state index contributed by atoms with van der Waals surface area (Å²) in [5.41, 5.74) is 0.519. The molecule has 2 aliphatic rings. The van der Waals surface area contributed by atoms with Gasteiger partial charge < -0.3 is 34.5 Å². The van der Waals surface area contributed by atoms with E-state index < -0.39 is 29.7 Å². The first-order valence-corrected chi connectivity index (χ1v) is 11.4. The van der Waals surface area contributed by atoms with Gasteiger partial charge >= 0.3 is 5.97 Å². The van der Waals surface area contributed by atoms with Crippen molar-refractivity contribution in [3.63, 3.8) is 0 Å². The van der Waals surface area contributed by atoms with E-state index in [-0.39, 0.29) is 37.9 Å². The first-order chi connectivity index (χ1) is 16.8. The lowest BCUT2D eigenvalue weighted by Crippen LogP contribution is -2.58. The molecule has 2 saturated heterocycles. The number of benzene rings is 1. The molecular weight excluding hydrogens is 458 g/mol. The molecular formula is C24H31N3O8. The zero-order valence-electron chi connectivity index (χ0n) is 20.1. The number of carbonyl (C=O) groups is 4. The Labute approximate surface area is 203 Å². The van der Waals surface area contributed by atoms with E-state index in [1.165, 1.54) is 32.1 Å². The summed E-state index contributed by atoms with van der Waals surface area (Å²) < 4.78 is 21.3. The van der Waals surface area contributed by atoms with Gasteiger partial charge in [-0.05, 0) is 36.6 Å². The summed E-state index contributed by atoms with van der Waals surface area (Å²) in [6.07, 6.45) is 2.74. The van der Waals surface area contributed by atoms with Crippen LogP contribution < -0.4 is 20.1 Å².